The Balaban J connectivity index is 1.74. The summed E-state index contributed by atoms with van der Waals surface area (Å²) in [7, 11) is 1.72. The summed E-state index contributed by atoms with van der Waals surface area (Å²) in [6, 6.07) is 5.57. The third kappa shape index (κ3) is 3.78. The van der Waals surface area contributed by atoms with Crippen molar-refractivity contribution in [1.29, 1.82) is 0 Å². The first-order valence-corrected chi connectivity index (χ1v) is 8.89. The predicted molar refractivity (Wildman–Crippen MR) is 93.1 cm³/mol. The molecule has 0 aliphatic carbocycles. The molecule has 3 rings (SSSR count). The molecule has 0 saturated carbocycles. The lowest BCUT2D eigenvalue weighted by Gasteiger charge is -2.32. The molecular formula is C19H26N2O3. The van der Waals surface area contributed by atoms with Gasteiger partial charge in [-0.05, 0) is 43.4 Å². The number of rotatable bonds is 6. The van der Waals surface area contributed by atoms with Crippen molar-refractivity contribution < 1.29 is 13.9 Å². The van der Waals surface area contributed by atoms with Crippen molar-refractivity contribution in [3.05, 3.63) is 29.7 Å². The molecule has 1 fully saturated rings. The van der Waals surface area contributed by atoms with Crippen molar-refractivity contribution in [1.82, 2.24) is 9.88 Å². The van der Waals surface area contributed by atoms with Gasteiger partial charge in [-0.15, -0.1) is 0 Å². The van der Waals surface area contributed by atoms with Crippen molar-refractivity contribution in [3.8, 4) is 0 Å². The van der Waals surface area contributed by atoms with Crippen molar-refractivity contribution in [2.45, 2.75) is 39.0 Å². The molecule has 24 heavy (non-hydrogen) atoms. The topological polar surface area (TPSA) is 55.6 Å². The van der Waals surface area contributed by atoms with E-state index in [1.807, 2.05) is 23.1 Å². The van der Waals surface area contributed by atoms with E-state index in [0.29, 0.717) is 18.1 Å². The maximum atomic E-state index is 12.8. The van der Waals surface area contributed by atoms with E-state index in [1.54, 1.807) is 7.11 Å². The fourth-order valence-corrected chi connectivity index (χ4v) is 3.35. The first-order valence-electron chi connectivity index (χ1n) is 8.89. The fourth-order valence-electron chi connectivity index (χ4n) is 3.35. The van der Waals surface area contributed by atoms with Crippen LogP contribution in [0.15, 0.2) is 22.6 Å². The molecule has 1 atom stereocenters. The number of hydrogen-bond donors (Lipinski definition) is 0. The third-order valence-electron chi connectivity index (χ3n) is 4.63. The van der Waals surface area contributed by atoms with Gasteiger partial charge in [0.15, 0.2) is 11.5 Å². The summed E-state index contributed by atoms with van der Waals surface area (Å²) in [4.78, 5) is 19.3. The first kappa shape index (κ1) is 17.0. The number of aryl methyl sites for hydroxylation is 1. The number of oxazole rings is 1. The van der Waals surface area contributed by atoms with Gasteiger partial charge in [0, 0.05) is 32.2 Å². The number of aromatic nitrogens is 1. The first-order chi connectivity index (χ1) is 11.7. The Hall–Kier alpha value is -1.88. The molecule has 1 aromatic heterocycles. The van der Waals surface area contributed by atoms with E-state index in [2.05, 4.69) is 11.9 Å². The van der Waals surface area contributed by atoms with Crippen molar-refractivity contribution >= 4 is 17.0 Å². The molecule has 1 aromatic carbocycles. The second-order valence-electron chi connectivity index (χ2n) is 6.61. The zero-order valence-electron chi connectivity index (χ0n) is 14.6. The quantitative estimate of drug-likeness (QED) is 0.811. The van der Waals surface area contributed by atoms with Crippen LogP contribution in [0, 0.1) is 5.92 Å². The molecule has 0 spiro atoms. The van der Waals surface area contributed by atoms with Gasteiger partial charge in [-0.1, -0.05) is 13.3 Å². The maximum Gasteiger partial charge on any atom is 0.253 e. The molecule has 5 heteroatoms. The maximum absolute atomic E-state index is 12.8. The molecule has 1 saturated heterocycles. The molecule has 2 heterocycles. The zero-order valence-corrected chi connectivity index (χ0v) is 14.6. The number of amides is 1. The van der Waals surface area contributed by atoms with Gasteiger partial charge in [0.25, 0.3) is 5.91 Å². The van der Waals surface area contributed by atoms with Crippen molar-refractivity contribution in [3.63, 3.8) is 0 Å². The fraction of sp³-hybridized carbons (Fsp3) is 0.579. The SMILES string of the molecule is CCCCc1nc2cc(C(=O)N3CCCC(COC)C3)ccc2o1. The Kier molecular flexibility index (Phi) is 5.51. The van der Waals surface area contributed by atoms with Gasteiger partial charge >= 0.3 is 0 Å². The highest BCUT2D eigenvalue weighted by molar-refractivity contribution is 5.97. The number of ether oxygens (including phenoxy) is 1. The van der Waals surface area contributed by atoms with Crippen molar-refractivity contribution in [2.75, 3.05) is 26.8 Å². The second kappa shape index (κ2) is 7.79. The number of carbonyl (C=O) groups excluding carboxylic acids is 1. The predicted octanol–water partition coefficient (Wildman–Crippen LogP) is 3.67. The lowest BCUT2D eigenvalue weighted by atomic mass is 9.98. The molecule has 0 bridgehead atoms. The average Bonchev–Trinajstić information content (AvgIpc) is 3.01. The van der Waals surface area contributed by atoms with E-state index in [9.17, 15) is 4.79 Å². The van der Waals surface area contributed by atoms with Crippen LogP contribution in [0.1, 0.15) is 48.9 Å². The smallest absolute Gasteiger partial charge is 0.253 e. The van der Waals surface area contributed by atoms with E-state index in [4.69, 9.17) is 9.15 Å². The zero-order chi connectivity index (χ0) is 16.9. The average molecular weight is 330 g/mol. The summed E-state index contributed by atoms with van der Waals surface area (Å²) in [6.07, 6.45) is 5.18. The lowest BCUT2D eigenvalue weighted by molar-refractivity contribution is 0.0571. The largest absolute Gasteiger partial charge is 0.441 e. The standard InChI is InChI=1S/C19H26N2O3/c1-3-4-7-18-20-16-11-15(8-9-17(16)24-18)19(22)21-10-5-6-14(12-21)13-23-2/h8-9,11,14H,3-7,10,12-13H2,1-2H3. The summed E-state index contributed by atoms with van der Waals surface area (Å²) in [5.41, 5.74) is 2.22. The van der Waals surface area contributed by atoms with E-state index in [0.717, 1.165) is 62.2 Å². The van der Waals surface area contributed by atoms with Crippen molar-refractivity contribution in [2.24, 2.45) is 5.92 Å². The molecule has 130 valence electrons. The highest BCUT2D eigenvalue weighted by atomic mass is 16.5. The number of fused-ring (bicyclic) bond motifs is 1. The summed E-state index contributed by atoms with van der Waals surface area (Å²) in [6.45, 7) is 4.45. The van der Waals surface area contributed by atoms with Crippen LogP contribution < -0.4 is 0 Å². The van der Waals surface area contributed by atoms with E-state index >= 15 is 0 Å². The number of nitrogens with zero attached hydrogens (tertiary/aromatic N) is 2. The normalized spacial score (nSPS) is 18.2. The van der Waals surface area contributed by atoms with E-state index in [-0.39, 0.29) is 5.91 Å². The monoisotopic (exact) mass is 330 g/mol. The summed E-state index contributed by atoms with van der Waals surface area (Å²) >= 11 is 0. The molecule has 1 unspecified atom stereocenters. The number of piperidine rings is 1. The molecule has 1 aliphatic rings. The van der Waals surface area contributed by atoms with Gasteiger partial charge < -0.3 is 14.1 Å². The summed E-state index contributed by atoms with van der Waals surface area (Å²) in [5.74, 6) is 1.27. The molecule has 2 aromatic rings. The molecule has 1 amide bonds. The summed E-state index contributed by atoms with van der Waals surface area (Å²) in [5, 5.41) is 0. The minimum atomic E-state index is 0.0795. The number of likely N-dealkylation sites (tertiary alicyclic amines) is 1. The number of hydrogen-bond acceptors (Lipinski definition) is 4. The Morgan fingerprint density at radius 1 is 1.46 bits per heavy atom. The summed E-state index contributed by atoms with van der Waals surface area (Å²) < 4.78 is 11.0. The number of unbranched alkanes of at least 4 members (excludes halogenated alkanes) is 1. The lowest BCUT2D eigenvalue weighted by Crippen LogP contribution is -2.41. The van der Waals surface area contributed by atoms with E-state index in [1.165, 1.54) is 0 Å². The minimum absolute atomic E-state index is 0.0795. The van der Waals surface area contributed by atoms with Gasteiger partial charge in [-0.2, -0.15) is 0 Å². The van der Waals surface area contributed by atoms with E-state index < -0.39 is 0 Å². The van der Waals surface area contributed by atoms with Crippen LogP contribution in [0.5, 0.6) is 0 Å². The van der Waals surface area contributed by atoms with Crippen LogP contribution >= 0.6 is 0 Å². The Morgan fingerprint density at radius 3 is 3.12 bits per heavy atom. The highest BCUT2D eigenvalue weighted by Crippen LogP contribution is 2.22. The Morgan fingerprint density at radius 2 is 2.33 bits per heavy atom. The van der Waals surface area contributed by atoms with Crippen LogP contribution in [-0.4, -0.2) is 42.6 Å². The number of methoxy groups -OCH3 is 1. The minimum Gasteiger partial charge on any atom is -0.441 e. The molecule has 0 N–H and O–H groups in total. The highest BCUT2D eigenvalue weighted by Gasteiger charge is 2.24. The number of carbonyl (C=O) groups is 1. The van der Waals surface area contributed by atoms with Crippen LogP contribution in [0.2, 0.25) is 0 Å². The molecule has 0 radical (unpaired) electrons. The molecule has 1 aliphatic heterocycles. The van der Waals surface area contributed by atoms with Crippen LogP contribution in [-0.2, 0) is 11.2 Å². The van der Waals surface area contributed by atoms with Gasteiger partial charge in [0.05, 0.1) is 6.61 Å². The second-order valence-corrected chi connectivity index (χ2v) is 6.61. The van der Waals surface area contributed by atoms with Gasteiger partial charge in [-0.3, -0.25) is 4.79 Å². The molecular weight excluding hydrogens is 304 g/mol. The van der Waals surface area contributed by atoms with Crippen LogP contribution in [0.25, 0.3) is 11.1 Å². The number of benzene rings is 1. The van der Waals surface area contributed by atoms with Crippen LogP contribution in [0.4, 0.5) is 0 Å². The Bertz CT molecular complexity index is 693. The molecule has 5 nitrogen and oxygen atoms in total. The Labute approximate surface area is 143 Å². The van der Waals surface area contributed by atoms with Gasteiger partial charge in [0.1, 0.15) is 5.52 Å². The van der Waals surface area contributed by atoms with Gasteiger partial charge in [-0.25, -0.2) is 4.98 Å². The third-order valence-corrected chi connectivity index (χ3v) is 4.63. The van der Waals surface area contributed by atoms with Crippen LogP contribution in [0.3, 0.4) is 0 Å². The van der Waals surface area contributed by atoms with Gasteiger partial charge in [0.2, 0.25) is 0 Å².